The van der Waals surface area contributed by atoms with Crippen LogP contribution in [-0.4, -0.2) is 81.0 Å². The summed E-state index contributed by atoms with van der Waals surface area (Å²) in [6.07, 6.45) is -7.89. The molecule has 3 saturated heterocycles. The molecule has 0 unspecified atom stereocenters. The minimum absolute atomic E-state index is 0.0578. The SMILES string of the molecule is CC1(C)OB(B2OC(C)(C)C(C)(C)O2)OC1(C)C.CC1(C)OB(c2c(-c3ccc(-c4ccc(C#N)cc4)cc3)ccc3c2oc2ccccc23)OC1(C)C.N#Cc1ccc(-c2ccc(-c3ccc4c(oc5ccccc54)c3OS(=O)(=O)CC(F)(F)CC(F)(F)F)cc2)cc1. The van der Waals surface area contributed by atoms with E-state index in [0.29, 0.717) is 33.0 Å². The zero-order valence-electron chi connectivity index (χ0n) is 54.0. The predicted octanol–water partition coefficient (Wildman–Crippen LogP) is 17.4. The fraction of sp³-hybridized carbons (Fsp3) is 0.306. The molecule has 0 bridgehead atoms. The molecule has 3 aliphatic rings. The molecule has 0 aliphatic carbocycles. The molecule has 5 heterocycles. The van der Waals surface area contributed by atoms with E-state index in [4.69, 9.17) is 51.5 Å². The molecular weight excluding hydrogens is 1230 g/mol. The van der Waals surface area contributed by atoms with Gasteiger partial charge in [0.2, 0.25) is 0 Å². The van der Waals surface area contributed by atoms with Gasteiger partial charge in [0.15, 0.2) is 17.1 Å². The normalized spacial score (nSPS) is 17.8. The van der Waals surface area contributed by atoms with Gasteiger partial charge in [0.05, 0.1) is 56.9 Å². The van der Waals surface area contributed by atoms with Gasteiger partial charge in [-0.1, -0.05) is 115 Å². The fourth-order valence-electron chi connectivity index (χ4n) is 11.2. The van der Waals surface area contributed by atoms with Gasteiger partial charge < -0.3 is 40.9 Å². The topological polar surface area (TPSA) is 173 Å². The molecule has 13 nitrogen and oxygen atoms in total. The standard InChI is InChI=1S/C31H26BNO3.C29H18F5NO4S.C12H24B2O4/c1-30(2)31(3,4)36-32(35-30)28-24(17-18-26-25-7-5-6-8-27(25)34-29(26)28)23-15-13-22(14-16-23)21-11-9-20(19-33)10-12-21;30-28(31,16-29(32,33)34)17-40(36,37)39-27-22(13-14-24-23-3-1-2-4-25(23)38-26(24)27)21-11-9-20(10-12-21)19-7-5-18(15-35)6-8-19;1-9(2)10(3,4)16-13(15-9)14-17-11(5,6)12(7,8)18-14/h5-18H,1-4H3;1-14H,16-17H2;1-8H3. The second-order valence-electron chi connectivity index (χ2n) is 26.7. The fourth-order valence-corrected chi connectivity index (χ4v) is 12.3. The zero-order valence-corrected chi connectivity index (χ0v) is 54.8. The van der Waals surface area contributed by atoms with Crippen LogP contribution in [0.1, 0.15) is 101 Å². The Morgan fingerprint density at radius 3 is 1.17 bits per heavy atom. The van der Waals surface area contributed by atoms with Gasteiger partial charge >= 0.3 is 37.4 Å². The molecule has 3 fully saturated rings. The van der Waals surface area contributed by atoms with Crippen LogP contribution in [0, 0.1) is 22.7 Å². The Morgan fingerprint density at radius 1 is 0.426 bits per heavy atom. The number of hydrogen-bond donors (Lipinski definition) is 0. The summed E-state index contributed by atoms with van der Waals surface area (Å²) in [7, 11) is -6.73. The van der Waals surface area contributed by atoms with Crippen LogP contribution in [0.25, 0.3) is 88.4 Å². The quantitative estimate of drug-likeness (QED) is 0.0681. The smallest absolute Gasteiger partial charge is 0.456 e. The van der Waals surface area contributed by atoms with Crippen LogP contribution in [0.15, 0.2) is 179 Å². The van der Waals surface area contributed by atoms with E-state index in [9.17, 15) is 30.4 Å². The second kappa shape index (κ2) is 24.5. The Labute approximate surface area is 544 Å². The number of para-hydroxylation sites is 2. The summed E-state index contributed by atoms with van der Waals surface area (Å²) in [5.74, 6) is -7.20. The molecule has 8 aromatic carbocycles. The Bertz CT molecular complexity index is 4610. The van der Waals surface area contributed by atoms with Crippen LogP contribution >= 0.6 is 0 Å². The number of nitrogens with zero attached hydrogens (tertiary/aromatic N) is 2. The van der Waals surface area contributed by atoms with Crippen molar-refractivity contribution in [3.63, 3.8) is 0 Å². The second-order valence-corrected chi connectivity index (χ2v) is 28.3. The third-order valence-electron chi connectivity index (χ3n) is 18.5. The molecule has 0 atom stereocenters. The van der Waals surface area contributed by atoms with Gasteiger partial charge in [0, 0.05) is 32.6 Å². The highest BCUT2D eigenvalue weighted by atomic mass is 32.2. The van der Waals surface area contributed by atoms with Gasteiger partial charge in [0.1, 0.15) is 23.2 Å². The van der Waals surface area contributed by atoms with E-state index in [1.807, 2.05) is 104 Å². The molecule has 0 N–H and O–H groups in total. The van der Waals surface area contributed by atoms with Gasteiger partial charge in [-0.3, -0.25) is 0 Å². The van der Waals surface area contributed by atoms with Crippen LogP contribution < -0.4 is 9.65 Å². The zero-order chi connectivity index (χ0) is 67.8. The van der Waals surface area contributed by atoms with Crippen LogP contribution in [0.5, 0.6) is 5.75 Å². The summed E-state index contributed by atoms with van der Waals surface area (Å²) < 4.78 is 146. The lowest BCUT2D eigenvalue weighted by molar-refractivity contribution is -0.181. The molecular formula is C72H68B3F5N2O11S. The van der Waals surface area contributed by atoms with Gasteiger partial charge in [-0.05, 0) is 177 Å². The number of fused-ring (bicyclic) bond motifs is 6. The Morgan fingerprint density at radius 2 is 0.766 bits per heavy atom. The maximum Gasteiger partial charge on any atom is 0.499 e. The minimum Gasteiger partial charge on any atom is -0.456 e. The van der Waals surface area contributed by atoms with Gasteiger partial charge in [-0.25, -0.2) is 8.78 Å². The van der Waals surface area contributed by atoms with Gasteiger partial charge in [0.25, 0.3) is 5.92 Å². The van der Waals surface area contributed by atoms with Crippen LogP contribution in [0.2, 0.25) is 0 Å². The maximum atomic E-state index is 14.1. The summed E-state index contributed by atoms with van der Waals surface area (Å²) in [6, 6.07) is 56.2. The number of furan rings is 2. The first-order valence-corrected chi connectivity index (χ1v) is 32.1. The Balaban J connectivity index is 0.000000154. The van der Waals surface area contributed by atoms with Crippen LogP contribution in [0.4, 0.5) is 22.0 Å². The number of alkyl halides is 5. The minimum atomic E-state index is -5.28. The number of nitriles is 2. The van der Waals surface area contributed by atoms with Crippen molar-refractivity contribution in [2.75, 3.05) is 5.75 Å². The van der Waals surface area contributed by atoms with Crippen molar-refractivity contribution >= 4 is 80.6 Å². The van der Waals surface area contributed by atoms with E-state index < -0.39 is 72.5 Å². The number of hydrogen-bond acceptors (Lipinski definition) is 13. The summed E-state index contributed by atoms with van der Waals surface area (Å²) in [5.41, 5.74) is 8.05. The molecule has 482 valence electrons. The number of halogens is 5. The van der Waals surface area contributed by atoms with Crippen molar-refractivity contribution in [3.05, 3.63) is 181 Å². The van der Waals surface area contributed by atoms with Crippen molar-refractivity contribution < 1.29 is 71.3 Å². The van der Waals surface area contributed by atoms with E-state index in [0.717, 1.165) is 60.8 Å². The van der Waals surface area contributed by atoms with Crippen molar-refractivity contribution in [1.29, 1.82) is 10.5 Å². The Kier molecular flexibility index (Phi) is 17.5. The predicted molar refractivity (Wildman–Crippen MR) is 357 cm³/mol. The largest absolute Gasteiger partial charge is 0.499 e. The van der Waals surface area contributed by atoms with Crippen molar-refractivity contribution in [3.8, 4) is 62.4 Å². The number of benzene rings is 8. The maximum absolute atomic E-state index is 14.1. The van der Waals surface area contributed by atoms with E-state index in [1.54, 1.807) is 78.9 Å². The van der Waals surface area contributed by atoms with Crippen molar-refractivity contribution in [2.45, 2.75) is 135 Å². The van der Waals surface area contributed by atoms with E-state index in [1.165, 1.54) is 6.07 Å². The third kappa shape index (κ3) is 13.5. The molecule has 13 rings (SSSR count). The molecule has 0 radical (unpaired) electrons. The molecule has 0 saturated carbocycles. The van der Waals surface area contributed by atoms with Gasteiger partial charge in [-0.15, -0.1) is 0 Å². The monoisotopic (exact) mass is 1300 g/mol. The molecule has 0 amide bonds. The molecule has 10 aromatic rings. The summed E-state index contributed by atoms with van der Waals surface area (Å²) >= 11 is 0. The third-order valence-corrected chi connectivity index (χ3v) is 19.7. The van der Waals surface area contributed by atoms with Crippen molar-refractivity contribution in [1.82, 2.24) is 0 Å². The van der Waals surface area contributed by atoms with Crippen LogP contribution in [-0.2, 0) is 38.0 Å². The van der Waals surface area contributed by atoms with Crippen LogP contribution in [0.3, 0.4) is 0 Å². The molecule has 22 heteroatoms. The Hall–Kier alpha value is -8.31. The first-order chi connectivity index (χ1) is 44.0. The number of rotatable bonds is 11. The highest BCUT2D eigenvalue weighted by Crippen LogP contribution is 2.46. The first kappa shape index (κ1) is 67.1. The molecule has 2 aromatic heterocycles. The molecule has 0 spiro atoms. The molecule has 3 aliphatic heterocycles. The summed E-state index contributed by atoms with van der Waals surface area (Å²) in [5, 5.41) is 21.2. The van der Waals surface area contributed by atoms with E-state index in [-0.39, 0.29) is 33.6 Å². The van der Waals surface area contributed by atoms with E-state index in [2.05, 4.69) is 76.2 Å². The highest BCUT2D eigenvalue weighted by Gasteiger charge is 2.64. The lowest BCUT2D eigenvalue weighted by Gasteiger charge is -2.32. The first-order valence-electron chi connectivity index (χ1n) is 30.5. The average molecular weight is 1300 g/mol. The average Bonchev–Trinajstić information content (AvgIpc) is 1.57. The lowest BCUT2D eigenvalue weighted by Crippen LogP contribution is -2.41. The van der Waals surface area contributed by atoms with Gasteiger partial charge in [-0.2, -0.15) is 32.1 Å². The lowest BCUT2D eigenvalue weighted by atomic mass is 9.49. The molecule has 94 heavy (non-hydrogen) atoms. The summed E-state index contributed by atoms with van der Waals surface area (Å²) in [4.78, 5) is 0. The summed E-state index contributed by atoms with van der Waals surface area (Å²) in [6.45, 7) is 24.5. The van der Waals surface area contributed by atoms with E-state index >= 15 is 0 Å². The highest BCUT2D eigenvalue weighted by molar-refractivity contribution is 7.87. The van der Waals surface area contributed by atoms with Crippen molar-refractivity contribution in [2.24, 2.45) is 0 Å².